The van der Waals surface area contributed by atoms with Crippen molar-refractivity contribution in [2.45, 2.75) is 25.3 Å². The maximum absolute atomic E-state index is 11.8. The molecule has 1 unspecified atom stereocenters. The van der Waals surface area contributed by atoms with E-state index >= 15 is 0 Å². The predicted molar refractivity (Wildman–Crippen MR) is 41.0 cm³/mol. The first kappa shape index (κ1) is 11.8. The normalized spacial score (nSPS) is 25.3. The van der Waals surface area contributed by atoms with Crippen LogP contribution in [0.25, 0.3) is 0 Å². The number of rotatable bonds is 4. The highest BCUT2D eigenvalue weighted by Crippen LogP contribution is 2.35. The zero-order chi connectivity index (χ0) is 11.5. The fourth-order valence-corrected chi connectivity index (χ4v) is 1.28. The maximum atomic E-state index is 11.8. The number of amides is 2. The summed E-state index contributed by atoms with van der Waals surface area (Å²) < 4.78 is 39.1. The molecule has 1 rings (SSSR count). The van der Waals surface area contributed by atoms with Crippen LogP contribution < -0.4 is 10.9 Å². The average molecular weight is 226 g/mol. The van der Waals surface area contributed by atoms with E-state index in [4.69, 9.17) is 0 Å². The fraction of sp³-hybridized carbons (Fsp3) is 0.714. The third-order valence-electron chi connectivity index (χ3n) is 2.09. The maximum Gasteiger partial charge on any atom is 0.522 e. The number of hydrazine groups is 1. The Balaban J connectivity index is 2.37. The lowest BCUT2D eigenvalue weighted by atomic mass is 9.81. The molecule has 1 aliphatic rings. The Kier molecular flexibility index (Phi) is 3.51. The van der Waals surface area contributed by atoms with Gasteiger partial charge in [-0.15, -0.1) is 13.2 Å². The summed E-state index contributed by atoms with van der Waals surface area (Å²) >= 11 is 0. The van der Waals surface area contributed by atoms with Gasteiger partial charge in [0.25, 0.3) is 0 Å². The molecule has 2 N–H and O–H groups in total. The number of carbonyl (C=O) groups excluding carboxylic acids is 2. The average Bonchev–Trinajstić information content (AvgIpc) is 2.08. The first-order chi connectivity index (χ1) is 6.94. The van der Waals surface area contributed by atoms with Gasteiger partial charge >= 0.3 is 6.36 Å². The van der Waals surface area contributed by atoms with Gasteiger partial charge in [-0.3, -0.25) is 25.2 Å². The van der Waals surface area contributed by atoms with Crippen LogP contribution in [0.4, 0.5) is 13.2 Å². The second-order valence-electron chi connectivity index (χ2n) is 3.04. The number of carbonyl (C=O) groups is 2. The predicted octanol–water partition coefficient (Wildman–Crippen LogP) is 0.0786. The SMILES string of the molecule is O=CNNC(=O)C1CC[C@@H]1OC(F)(F)F. The highest BCUT2D eigenvalue weighted by atomic mass is 19.4. The van der Waals surface area contributed by atoms with E-state index in [1.54, 1.807) is 0 Å². The van der Waals surface area contributed by atoms with Crippen molar-refractivity contribution < 1.29 is 27.5 Å². The summed E-state index contributed by atoms with van der Waals surface area (Å²) in [6, 6.07) is 0. The molecule has 2 amide bonds. The lowest BCUT2D eigenvalue weighted by molar-refractivity contribution is -0.355. The van der Waals surface area contributed by atoms with Gasteiger partial charge in [0.15, 0.2) is 0 Å². The summed E-state index contributed by atoms with van der Waals surface area (Å²) in [7, 11) is 0. The van der Waals surface area contributed by atoms with Gasteiger partial charge in [-0.2, -0.15) is 0 Å². The summed E-state index contributed by atoms with van der Waals surface area (Å²) in [6.07, 6.45) is -5.18. The quantitative estimate of drug-likeness (QED) is 0.527. The van der Waals surface area contributed by atoms with E-state index in [2.05, 4.69) is 4.74 Å². The molecule has 15 heavy (non-hydrogen) atoms. The van der Waals surface area contributed by atoms with Crippen molar-refractivity contribution in [3.8, 4) is 0 Å². The van der Waals surface area contributed by atoms with Gasteiger partial charge in [-0.25, -0.2) is 0 Å². The van der Waals surface area contributed by atoms with Gasteiger partial charge in [-0.1, -0.05) is 0 Å². The molecule has 1 saturated carbocycles. The summed E-state index contributed by atoms with van der Waals surface area (Å²) in [4.78, 5) is 20.9. The molecule has 8 heteroatoms. The third-order valence-corrected chi connectivity index (χ3v) is 2.09. The molecule has 0 spiro atoms. The first-order valence-corrected chi connectivity index (χ1v) is 4.17. The van der Waals surface area contributed by atoms with Gasteiger partial charge < -0.3 is 0 Å². The number of halogens is 3. The minimum absolute atomic E-state index is 0.179. The Morgan fingerprint density at radius 1 is 1.40 bits per heavy atom. The second kappa shape index (κ2) is 4.47. The number of ether oxygens (including phenoxy) is 1. The largest absolute Gasteiger partial charge is 0.522 e. The highest BCUT2D eigenvalue weighted by Gasteiger charge is 2.44. The molecule has 1 aliphatic carbocycles. The molecule has 0 aliphatic heterocycles. The fourth-order valence-electron chi connectivity index (χ4n) is 1.28. The minimum Gasteiger partial charge on any atom is -0.288 e. The molecule has 0 bridgehead atoms. The minimum atomic E-state index is -4.73. The number of nitrogens with one attached hydrogen (secondary N) is 2. The zero-order valence-corrected chi connectivity index (χ0v) is 7.50. The molecule has 0 aromatic carbocycles. The third kappa shape index (κ3) is 3.39. The van der Waals surface area contributed by atoms with E-state index in [0.29, 0.717) is 6.42 Å². The van der Waals surface area contributed by atoms with Crippen LogP contribution in [0.3, 0.4) is 0 Å². The van der Waals surface area contributed by atoms with Crippen LogP contribution in [-0.2, 0) is 14.3 Å². The van der Waals surface area contributed by atoms with Gasteiger partial charge in [0.1, 0.15) is 0 Å². The zero-order valence-electron chi connectivity index (χ0n) is 7.50. The van der Waals surface area contributed by atoms with Crippen molar-refractivity contribution in [1.82, 2.24) is 10.9 Å². The molecule has 0 aromatic rings. The van der Waals surface area contributed by atoms with E-state index in [9.17, 15) is 22.8 Å². The van der Waals surface area contributed by atoms with Gasteiger partial charge in [-0.05, 0) is 12.8 Å². The van der Waals surface area contributed by atoms with Crippen LogP contribution >= 0.6 is 0 Å². The molecule has 86 valence electrons. The summed E-state index contributed by atoms with van der Waals surface area (Å²) in [5, 5.41) is 0. The van der Waals surface area contributed by atoms with E-state index in [-0.39, 0.29) is 12.8 Å². The van der Waals surface area contributed by atoms with Crippen molar-refractivity contribution in [3.63, 3.8) is 0 Å². The number of alkyl halides is 3. The van der Waals surface area contributed by atoms with Crippen LogP contribution in [0.1, 0.15) is 12.8 Å². The summed E-state index contributed by atoms with van der Waals surface area (Å²) in [6.45, 7) is 0. The second-order valence-corrected chi connectivity index (χ2v) is 3.04. The molecular weight excluding hydrogens is 217 g/mol. The van der Waals surface area contributed by atoms with Gasteiger partial charge in [0, 0.05) is 0 Å². The molecule has 0 saturated heterocycles. The van der Waals surface area contributed by atoms with E-state index < -0.39 is 24.3 Å². The van der Waals surface area contributed by atoms with Crippen LogP contribution in [-0.4, -0.2) is 24.8 Å². The molecule has 1 fully saturated rings. The molecule has 0 radical (unpaired) electrons. The Morgan fingerprint density at radius 3 is 2.47 bits per heavy atom. The molecule has 0 aromatic heterocycles. The Labute approximate surface area is 82.9 Å². The Bertz CT molecular complexity index is 256. The van der Waals surface area contributed by atoms with Crippen LogP contribution in [0.2, 0.25) is 0 Å². The lowest BCUT2D eigenvalue weighted by Crippen LogP contribution is -2.50. The van der Waals surface area contributed by atoms with Crippen molar-refractivity contribution in [2.75, 3.05) is 0 Å². The summed E-state index contributed by atoms with van der Waals surface area (Å²) in [5.74, 6) is -1.54. The van der Waals surface area contributed by atoms with Crippen LogP contribution in [0, 0.1) is 5.92 Å². The highest BCUT2D eigenvalue weighted by molar-refractivity contribution is 5.80. The van der Waals surface area contributed by atoms with E-state index in [1.807, 2.05) is 10.9 Å². The molecular formula is C7H9F3N2O3. The first-order valence-electron chi connectivity index (χ1n) is 4.17. The molecule has 2 atom stereocenters. The Hall–Kier alpha value is -1.31. The van der Waals surface area contributed by atoms with Gasteiger partial charge in [0.2, 0.25) is 12.3 Å². The van der Waals surface area contributed by atoms with Crippen molar-refractivity contribution in [1.29, 1.82) is 0 Å². The van der Waals surface area contributed by atoms with Crippen molar-refractivity contribution in [3.05, 3.63) is 0 Å². The number of hydrogen-bond acceptors (Lipinski definition) is 3. The summed E-state index contributed by atoms with van der Waals surface area (Å²) in [5.41, 5.74) is 3.81. The van der Waals surface area contributed by atoms with Gasteiger partial charge in [0.05, 0.1) is 12.0 Å². The van der Waals surface area contributed by atoms with Crippen LogP contribution in [0.5, 0.6) is 0 Å². The number of hydrogen-bond donors (Lipinski definition) is 2. The van der Waals surface area contributed by atoms with E-state index in [1.165, 1.54) is 0 Å². The smallest absolute Gasteiger partial charge is 0.288 e. The standard InChI is InChI=1S/C7H9F3N2O3/c8-7(9,10)15-5-2-1-4(5)6(14)12-11-3-13/h3-5H,1-2H2,(H,11,13)(H,12,14)/t4?,5-/m0/s1. The Morgan fingerprint density at radius 2 is 2.07 bits per heavy atom. The lowest BCUT2D eigenvalue weighted by Gasteiger charge is -2.34. The van der Waals surface area contributed by atoms with Crippen LogP contribution in [0.15, 0.2) is 0 Å². The molecule has 0 heterocycles. The van der Waals surface area contributed by atoms with Crippen molar-refractivity contribution in [2.24, 2.45) is 5.92 Å². The monoisotopic (exact) mass is 226 g/mol. The van der Waals surface area contributed by atoms with E-state index in [0.717, 1.165) is 0 Å². The molecule has 5 nitrogen and oxygen atoms in total. The topological polar surface area (TPSA) is 67.4 Å². The van der Waals surface area contributed by atoms with Crippen molar-refractivity contribution >= 4 is 12.3 Å².